The van der Waals surface area contributed by atoms with Crippen LogP contribution in [0.2, 0.25) is 0 Å². The van der Waals surface area contributed by atoms with E-state index in [1.54, 1.807) is 13.3 Å². The first-order valence-corrected chi connectivity index (χ1v) is 8.81. The second kappa shape index (κ2) is 9.91. The Morgan fingerprint density at radius 1 is 1.00 bits per heavy atom. The molecule has 0 bridgehead atoms. The summed E-state index contributed by atoms with van der Waals surface area (Å²) in [6, 6.07) is 13.5. The quantitative estimate of drug-likeness (QED) is 0.307. The minimum absolute atomic E-state index is 0.396. The van der Waals surface area contributed by atoms with Gasteiger partial charge in [0.05, 0.1) is 13.3 Å². The summed E-state index contributed by atoms with van der Waals surface area (Å²) in [5, 5.41) is 11.6. The zero-order chi connectivity index (χ0) is 19.6. The van der Waals surface area contributed by atoms with Crippen LogP contribution in [0.15, 0.2) is 72.9 Å². The molecule has 0 radical (unpaired) electrons. The number of ether oxygens (including phenoxy) is 3. The van der Waals surface area contributed by atoms with Gasteiger partial charge in [0.15, 0.2) is 11.5 Å². The molecule has 2 aromatic carbocycles. The van der Waals surface area contributed by atoms with E-state index in [2.05, 4.69) is 21.9 Å². The molecule has 0 amide bonds. The second-order valence-electron chi connectivity index (χ2n) is 5.79. The van der Waals surface area contributed by atoms with Gasteiger partial charge in [0.1, 0.15) is 31.6 Å². The third-order valence-corrected chi connectivity index (χ3v) is 3.87. The molecule has 0 N–H and O–H groups in total. The predicted molar refractivity (Wildman–Crippen MR) is 107 cm³/mol. The number of nitrogens with zero attached hydrogens (tertiary/aromatic N) is 4. The van der Waals surface area contributed by atoms with Gasteiger partial charge < -0.3 is 14.2 Å². The number of hydrogen-bond acceptors (Lipinski definition) is 6. The number of methoxy groups -OCH3 is 1. The van der Waals surface area contributed by atoms with Crippen LogP contribution in [0.5, 0.6) is 17.2 Å². The van der Waals surface area contributed by atoms with Gasteiger partial charge in [0.25, 0.3) is 0 Å². The lowest BCUT2D eigenvalue weighted by Crippen LogP contribution is -2.10. The first-order valence-electron chi connectivity index (χ1n) is 8.81. The van der Waals surface area contributed by atoms with Crippen LogP contribution < -0.4 is 14.2 Å². The predicted octanol–water partition coefficient (Wildman–Crippen LogP) is 3.36. The molecule has 28 heavy (non-hydrogen) atoms. The fourth-order valence-electron chi connectivity index (χ4n) is 2.54. The van der Waals surface area contributed by atoms with Crippen molar-refractivity contribution in [3.8, 4) is 17.2 Å². The van der Waals surface area contributed by atoms with Gasteiger partial charge >= 0.3 is 0 Å². The minimum Gasteiger partial charge on any atom is -0.493 e. The van der Waals surface area contributed by atoms with E-state index in [0.29, 0.717) is 24.7 Å². The molecule has 144 valence electrons. The fourth-order valence-corrected chi connectivity index (χ4v) is 2.54. The van der Waals surface area contributed by atoms with Crippen molar-refractivity contribution < 1.29 is 14.2 Å². The van der Waals surface area contributed by atoms with E-state index in [0.717, 1.165) is 23.3 Å². The largest absolute Gasteiger partial charge is 0.493 e. The van der Waals surface area contributed by atoms with Crippen molar-refractivity contribution in [2.45, 2.75) is 6.42 Å². The normalized spacial score (nSPS) is 10.8. The first-order chi connectivity index (χ1) is 13.8. The van der Waals surface area contributed by atoms with Crippen LogP contribution in [0.3, 0.4) is 0 Å². The lowest BCUT2D eigenvalue weighted by atomic mass is 10.1. The van der Waals surface area contributed by atoms with Gasteiger partial charge in [-0.1, -0.05) is 24.3 Å². The van der Waals surface area contributed by atoms with Crippen LogP contribution in [0.1, 0.15) is 11.1 Å². The molecule has 0 aliphatic heterocycles. The Hall–Kier alpha value is -3.61. The van der Waals surface area contributed by atoms with Crippen LogP contribution in [0, 0.1) is 0 Å². The van der Waals surface area contributed by atoms with E-state index < -0.39 is 0 Å². The van der Waals surface area contributed by atoms with Crippen LogP contribution >= 0.6 is 0 Å². The van der Waals surface area contributed by atoms with Crippen molar-refractivity contribution in [3.63, 3.8) is 0 Å². The third-order valence-electron chi connectivity index (χ3n) is 3.87. The van der Waals surface area contributed by atoms with Crippen molar-refractivity contribution >= 4 is 6.21 Å². The molecule has 0 unspecified atom stereocenters. The summed E-state index contributed by atoms with van der Waals surface area (Å²) in [5.41, 5.74) is 1.97. The molecule has 0 saturated heterocycles. The van der Waals surface area contributed by atoms with Gasteiger partial charge in [-0.3, -0.25) is 0 Å². The highest BCUT2D eigenvalue weighted by Gasteiger charge is 2.06. The SMILES string of the molecule is C=CCc1ccccc1OCCOc1ccc(/C=N\n2cnnc2)cc1OC. The zero-order valence-electron chi connectivity index (χ0n) is 15.7. The molecule has 1 heterocycles. The lowest BCUT2D eigenvalue weighted by Gasteiger charge is -2.13. The highest BCUT2D eigenvalue weighted by atomic mass is 16.5. The van der Waals surface area contributed by atoms with E-state index in [1.165, 1.54) is 17.3 Å². The van der Waals surface area contributed by atoms with E-state index in [4.69, 9.17) is 14.2 Å². The van der Waals surface area contributed by atoms with Crippen molar-refractivity contribution in [3.05, 3.63) is 78.9 Å². The van der Waals surface area contributed by atoms with Crippen molar-refractivity contribution in [1.82, 2.24) is 14.9 Å². The molecule has 1 aromatic heterocycles. The zero-order valence-corrected chi connectivity index (χ0v) is 15.7. The summed E-state index contributed by atoms with van der Waals surface area (Å²) in [6.07, 6.45) is 7.34. The Balaban J connectivity index is 1.56. The maximum absolute atomic E-state index is 5.84. The smallest absolute Gasteiger partial charge is 0.161 e. The maximum Gasteiger partial charge on any atom is 0.161 e. The molecule has 0 spiro atoms. The van der Waals surface area contributed by atoms with Gasteiger partial charge in [-0.05, 0) is 41.8 Å². The van der Waals surface area contributed by atoms with Gasteiger partial charge in [0, 0.05) is 0 Å². The molecular formula is C21H22N4O3. The number of allylic oxidation sites excluding steroid dienone is 1. The van der Waals surface area contributed by atoms with Gasteiger partial charge in [-0.15, -0.1) is 16.8 Å². The number of aromatic nitrogens is 3. The standard InChI is InChI=1S/C21H22N4O3/c1-3-6-18-7-4-5-8-19(18)27-11-12-28-20-10-9-17(13-21(20)26-2)14-24-25-15-22-23-16-25/h3-5,7-10,13-16H,1,6,11-12H2,2H3/b24-14-. The fraction of sp³-hybridized carbons (Fsp3) is 0.190. The van der Waals surface area contributed by atoms with Gasteiger partial charge in [0.2, 0.25) is 0 Å². The summed E-state index contributed by atoms with van der Waals surface area (Å²) in [4.78, 5) is 0. The highest BCUT2D eigenvalue weighted by Crippen LogP contribution is 2.27. The summed E-state index contributed by atoms with van der Waals surface area (Å²) in [7, 11) is 1.60. The van der Waals surface area contributed by atoms with E-state index in [1.807, 2.05) is 48.5 Å². The average molecular weight is 378 g/mol. The van der Waals surface area contributed by atoms with Crippen LogP contribution in [0.4, 0.5) is 0 Å². The molecule has 0 saturated carbocycles. The Bertz CT molecular complexity index is 923. The summed E-state index contributed by atoms with van der Waals surface area (Å²) in [5.74, 6) is 2.12. The molecule has 0 fully saturated rings. The molecule has 0 aliphatic rings. The molecule has 3 rings (SSSR count). The number of para-hydroxylation sites is 1. The minimum atomic E-state index is 0.396. The van der Waals surface area contributed by atoms with E-state index >= 15 is 0 Å². The molecule has 7 nitrogen and oxygen atoms in total. The van der Waals surface area contributed by atoms with Gasteiger partial charge in [-0.25, -0.2) is 4.68 Å². The van der Waals surface area contributed by atoms with Crippen LogP contribution in [0.25, 0.3) is 0 Å². The maximum atomic E-state index is 5.84. The lowest BCUT2D eigenvalue weighted by molar-refractivity contribution is 0.210. The monoisotopic (exact) mass is 378 g/mol. The van der Waals surface area contributed by atoms with Crippen molar-refractivity contribution in [2.24, 2.45) is 5.10 Å². The molecule has 7 heteroatoms. The number of rotatable bonds is 10. The van der Waals surface area contributed by atoms with Crippen LogP contribution in [-0.4, -0.2) is 41.4 Å². The number of benzene rings is 2. The summed E-state index contributed by atoms with van der Waals surface area (Å²) < 4.78 is 18.6. The van der Waals surface area contributed by atoms with Gasteiger partial charge in [-0.2, -0.15) is 5.10 Å². The number of hydrogen-bond donors (Lipinski definition) is 0. The first kappa shape index (κ1) is 19.2. The van der Waals surface area contributed by atoms with Crippen molar-refractivity contribution in [2.75, 3.05) is 20.3 Å². The molecule has 3 aromatic rings. The summed E-state index contributed by atoms with van der Waals surface area (Å²) in [6.45, 7) is 4.60. The summed E-state index contributed by atoms with van der Waals surface area (Å²) >= 11 is 0. The highest BCUT2D eigenvalue weighted by molar-refractivity contribution is 5.80. The Morgan fingerprint density at radius 3 is 2.50 bits per heavy atom. The van der Waals surface area contributed by atoms with Crippen LogP contribution in [-0.2, 0) is 6.42 Å². The molecular weight excluding hydrogens is 356 g/mol. The molecule has 0 atom stereocenters. The Labute approximate surface area is 163 Å². The van der Waals surface area contributed by atoms with E-state index in [-0.39, 0.29) is 0 Å². The molecule has 0 aliphatic carbocycles. The third kappa shape index (κ3) is 5.20. The Morgan fingerprint density at radius 2 is 1.75 bits per heavy atom. The average Bonchev–Trinajstić information content (AvgIpc) is 3.25. The topological polar surface area (TPSA) is 70.8 Å². The van der Waals surface area contributed by atoms with Crippen molar-refractivity contribution in [1.29, 1.82) is 0 Å². The second-order valence-corrected chi connectivity index (χ2v) is 5.79. The van der Waals surface area contributed by atoms with E-state index in [9.17, 15) is 0 Å². The Kier molecular flexibility index (Phi) is 6.78.